The number of hydrogen-bond donors (Lipinski definition) is 1. The van der Waals surface area contributed by atoms with Gasteiger partial charge in [-0.1, -0.05) is 41.9 Å². The number of hydrogen-bond acceptors (Lipinski definition) is 1. The van der Waals surface area contributed by atoms with Crippen LogP contribution in [0.2, 0.25) is 5.02 Å². The van der Waals surface area contributed by atoms with Crippen molar-refractivity contribution in [3.8, 4) is 0 Å². The lowest BCUT2D eigenvalue weighted by molar-refractivity contribution is 0.629. The standard InChI is InChI=1S/C15H15ClFN/c16-13-8-9-14(17)15(11-13)18-10-4-7-12-5-2-1-3-6-12/h1-3,5-6,8-9,11,18H,4,7,10H2. The molecule has 2 aromatic rings. The van der Waals surface area contributed by atoms with Crippen LogP contribution in [0.5, 0.6) is 0 Å². The summed E-state index contributed by atoms with van der Waals surface area (Å²) in [4.78, 5) is 0. The molecule has 94 valence electrons. The van der Waals surface area contributed by atoms with E-state index in [0.29, 0.717) is 10.7 Å². The first kappa shape index (κ1) is 12.9. The fourth-order valence-corrected chi connectivity index (χ4v) is 1.97. The van der Waals surface area contributed by atoms with Gasteiger partial charge >= 0.3 is 0 Å². The van der Waals surface area contributed by atoms with Crippen LogP contribution in [0.15, 0.2) is 48.5 Å². The summed E-state index contributed by atoms with van der Waals surface area (Å²) in [7, 11) is 0. The molecule has 0 radical (unpaired) electrons. The van der Waals surface area contributed by atoms with Crippen LogP contribution < -0.4 is 5.32 Å². The third-order valence-electron chi connectivity index (χ3n) is 2.73. The topological polar surface area (TPSA) is 12.0 Å². The van der Waals surface area contributed by atoms with E-state index in [1.165, 1.54) is 11.6 Å². The van der Waals surface area contributed by atoms with E-state index in [2.05, 4.69) is 17.4 Å². The third-order valence-corrected chi connectivity index (χ3v) is 2.96. The molecule has 0 aliphatic heterocycles. The van der Waals surface area contributed by atoms with Gasteiger partial charge in [0.1, 0.15) is 5.82 Å². The van der Waals surface area contributed by atoms with Gasteiger partial charge in [-0.3, -0.25) is 0 Å². The SMILES string of the molecule is Fc1ccc(Cl)cc1NCCCc1ccccc1. The van der Waals surface area contributed by atoms with Gasteiger partial charge in [-0.25, -0.2) is 4.39 Å². The van der Waals surface area contributed by atoms with Crippen molar-refractivity contribution in [2.24, 2.45) is 0 Å². The second-order valence-corrected chi connectivity index (χ2v) is 4.58. The molecule has 0 aliphatic carbocycles. The first-order chi connectivity index (χ1) is 8.75. The number of rotatable bonds is 5. The van der Waals surface area contributed by atoms with E-state index in [-0.39, 0.29) is 5.82 Å². The number of anilines is 1. The summed E-state index contributed by atoms with van der Waals surface area (Å²) < 4.78 is 13.4. The Morgan fingerprint density at radius 2 is 1.83 bits per heavy atom. The van der Waals surface area contributed by atoms with Crippen LogP contribution >= 0.6 is 11.6 Å². The summed E-state index contributed by atoms with van der Waals surface area (Å²) in [5.74, 6) is -0.265. The molecule has 0 aliphatic rings. The Morgan fingerprint density at radius 3 is 2.61 bits per heavy atom. The highest BCUT2D eigenvalue weighted by molar-refractivity contribution is 6.30. The van der Waals surface area contributed by atoms with E-state index in [1.54, 1.807) is 12.1 Å². The first-order valence-corrected chi connectivity index (χ1v) is 6.36. The molecule has 18 heavy (non-hydrogen) atoms. The van der Waals surface area contributed by atoms with Crippen LogP contribution in [0, 0.1) is 5.82 Å². The minimum Gasteiger partial charge on any atom is -0.383 e. The van der Waals surface area contributed by atoms with E-state index in [0.717, 1.165) is 19.4 Å². The minimum atomic E-state index is -0.265. The Morgan fingerprint density at radius 1 is 1.06 bits per heavy atom. The van der Waals surface area contributed by atoms with Crippen molar-refractivity contribution in [3.63, 3.8) is 0 Å². The molecule has 0 spiro atoms. The summed E-state index contributed by atoms with van der Waals surface area (Å²) in [6.45, 7) is 0.728. The molecule has 3 heteroatoms. The summed E-state index contributed by atoms with van der Waals surface area (Å²) >= 11 is 5.82. The Labute approximate surface area is 112 Å². The highest BCUT2D eigenvalue weighted by Gasteiger charge is 2.01. The smallest absolute Gasteiger partial charge is 0.146 e. The maximum Gasteiger partial charge on any atom is 0.146 e. The molecule has 2 rings (SSSR count). The fraction of sp³-hybridized carbons (Fsp3) is 0.200. The quantitative estimate of drug-likeness (QED) is 0.782. The summed E-state index contributed by atoms with van der Waals surface area (Å²) in [5, 5.41) is 3.61. The molecule has 0 fully saturated rings. The monoisotopic (exact) mass is 263 g/mol. The molecule has 1 nitrogen and oxygen atoms in total. The van der Waals surface area contributed by atoms with E-state index >= 15 is 0 Å². The maximum absolute atomic E-state index is 13.4. The normalized spacial score (nSPS) is 10.3. The summed E-state index contributed by atoms with van der Waals surface area (Å²) in [6, 6.07) is 14.8. The van der Waals surface area contributed by atoms with Gasteiger partial charge in [-0.05, 0) is 36.6 Å². The van der Waals surface area contributed by atoms with Gasteiger partial charge in [0.15, 0.2) is 0 Å². The van der Waals surface area contributed by atoms with Crippen molar-refractivity contribution in [2.45, 2.75) is 12.8 Å². The van der Waals surface area contributed by atoms with Gasteiger partial charge in [0.05, 0.1) is 5.69 Å². The molecule has 1 N–H and O–H groups in total. The number of nitrogens with one attached hydrogen (secondary N) is 1. The van der Waals surface area contributed by atoms with Crippen LogP contribution in [0.4, 0.5) is 10.1 Å². The van der Waals surface area contributed by atoms with Crippen LogP contribution in [0.3, 0.4) is 0 Å². The molecule has 0 atom stereocenters. The molecule has 0 bridgehead atoms. The average Bonchev–Trinajstić information content (AvgIpc) is 2.40. The van der Waals surface area contributed by atoms with E-state index in [9.17, 15) is 4.39 Å². The molecular weight excluding hydrogens is 249 g/mol. The van der Waals surface area contributed by atoms with Gasteiger partial charge in [-0.15, -0.1) is 0 Å². The molecule has 0 aromatic heterocycles. The van der Waals surface area contributed by atoms with E-state index in [4.69, 9.17) is 11.6 Å². The van der Waals surface area contributed by atoms with Gasteiger partial charge in [0.2, 0.25) is 0 Å². The molecule has 0 saturated heterocycles. The van der Waals surface area contributed by atoms with Crippen LogP contribution in [-0.4, -0.2) is 6.54 Å². The van der Waals surface area contributed by atoms with E-state index < -0.39 is 0 Å². The van der Waals surface area contributed by atoms with Crippen molar-refractivity contribution in [1.82, 2.24) is 0 Å². The summed E-state index contributed by atoms with van der Waals surface area (Å²) in [6.07, 6.45) is 1.94. The van der Waals surface area contributed by atoms with Crippen molar-refractivity contribution in [3.05, 3.63) is 64.9 Å². The van der Waals surface area contributed by atoms with Crippen molar-refractivity contribution in [1.29, 1.82) is 0 Å². The van der Waals surface area contributed by atoms with Crippen LogP contribution in [0.25, 0.3) is 0 Å². The highest BCUT2D eigenvalue weighted by atomic mass is 35.5. The second-order valence-electron chi connectivity index (χ2n) is 4.14. The zero-order valence-corrected chi connectivity index (χ0v) is 10.8. The Balaban J connectivity index is 1.80. The summed E-state index contributed by atoms with van der Waals surface area (Å²) in [5.41, 5.74) is 1.77. The average molecular weight is 264 g/mol. The molecule has 0 unspecified atom stereocenters. The Bertz CT molecular complexity index is 499. The predicted octanol–water partition coefficient (Wildman–Crippen LogP) is 4.52. The van der Waals surface area contributed by atoms with Gasteiger partial charge in [0.25, 0.3) is 0 Å². The molecule has 0 saturated carbocycles. The van der Waals surface area contributed by atoms with Crippen molar-refractivity contribution < 1.29 is 4.39 Å². The van der Waals surface area contributed by atoms with Crippen molar-refractivity contribution in [2.75, 3.05) is 11.9 Å². The van der Waals surface area contributed by atoms with E-state index in [1.807, 2.05) is 18.2 Å². The number of benzene rings is 2. The Kier molecular flexibility index (Phi) is 4.59. The van der Waals surface area contributed by atoms with Gasteiger partial charge in [0, 0.05) is 11.6 Å². The molecule has 0 heterocycles. The van der Waals surface area contributed by atoms with Crippen molar-refractivity contribution >= 4 is 17.3 Å². The zero-order valence-electron chi connectivity index (χ0n) is 10.00. The minimum absolute atomic E-state index is 0.265. The van der Waals surface area contributed by atoms with Gasteiger partial charge in [-0.2, -0.15) is 0 Å². The zero-order chi connectivity index (χ0) is 12.8. The fourth-order valence-electron chi connectivity index (χ4n) is 1.79. The molecule has 2 aromatic carbocycles. The Hall–Kier alpha value is -1.54. The largest absolute Gasteiger partial charge is 0.383 e. The predicted molar refractivity (Wildman–Crippen MR) is 74.7 cm³/mol. The lowest BCUT2D eigenvalue weighted by Gasteiger charge is -2.08. The lowest BCUT2D eigenvalue weighted by atomic mass is 10.1. The van der Waals surface area contributed by atoms with Gasteiger partial charge < -0.3 is 5.32 Å². The molecule has 0 amide bonds. The number of aryl methyl sites for hydroxylation is 1. The lowest BCUT2D eigenvalue weighted by Crippen LogP contribution is -2.04. The molecular formula is C15H15ClFN. The maximum atomic E-state index is 13.4. The number of halogens is 2. The second kappa shape index (κ2) is 6.41. The van der Waals surface area contributed by atoms with Crippen LogP contribution in [-0.2, 0) is 6.42 Å². The van der Waals surface area contributed by atoms with Crippen LogP contribution in [0.1, 0.15) is 12.0 Å². The first-order valence-electron chi connectivity index (χ1n) is 5.98. The highest BCUT2D eigenvalue weighted by Crippen LogP contribution is 2.19. The third kappa shape index (κ3) is 3.74.